The second-order valence-electron chi connectivity index (χ2n) is 5.83. The molecular formula is C19H19FN4O2. The van der Waals surface area contributed by atoms with Gasteiger partial charge in [-0.2, -0.15) is 5.10 Å². The first-order valence-corrected chi connectivity index (χ1v) is 8.16. The molecule has 0 aliphatic rings. The lowest BCUT2D eigenvalue weighted by atomic mass is 10.1. The number of ether oxygens (including phenoxy) is 1. The van der Waals surface area contributed by atoms with Crippen LogP contribution in [0.4, 0.5) is 4.39 Å². The third kappa shape index (κ3) is 4.05. The van der Waals surface area contributed by atoms with Crippen LogP contribution in [0.1, 0.15) is 12.5 Å². The smallest absolute Gasteiger partial charge is 0.261 e. The number of carbonyl (C=O) groups excluding carboxylic acids is 1. The summed E-state index contributed by atoms with van der Waals surface area (Å²) in [5.74, 6) is -0.783. The second kappa shape index (κ2) is 7.77. The van der Waals surface area contributed by atoms with E-state index < -0.39 is 11.9 Å². The van der Waals surface area contributed by atoms with Crippen molar-refractivity contribution < 1.29 is 13.9 Å². The van der Waals surface area contributed by atoms with Crippen LogP contribution in [0.2, 0.25) is 0 Å². The summed E-state index contributed by atoms with van der Waals surface area (Å²) in [5.41, 5.74) is 2.68. The van der Waals surface area contributed by atoms with E-state index in [0.29, 0.717) is 6.54 Å². The van der Waals surface area contributed by atoms with Crippen LogP contribution in [0.5, 0.6) is 5.75 Å². The number of aryl methyl sites for hydroxylation is 1. The molecule has 0 saturated carbocycles. The number of carbonyl (C=O) groups is 1. The highest BCUT2D eigenvalue weighted by Gasteiger charge is 2.16. The number of nitrogens with one attached hydrogen (secondary N) is 1. The van der Waals surface area contributed by atoms with Gasteiger partial charge in [0.1, 0.15) is 0 Å². The van der Waals surface area contributed by atoms with Gasteiger partial charge in [-0.05, 0) is 36.8 Å². The standard InChI is InChI=1S/C19H19FN4O2/c1-13(26-18-6-4-3-5-16(18)20)19(25)22-11-14-9-15(12-21-10-14)17-7-8-23-24(17)2/h3-10,12-13H,11H2,1-2H3,(H,22,25)/t13-/m1/s1. The van der Waals surface area contributed by atoms with Gasteiger partial charge in [-0.3, -0.25) is 14.5 Å². The van der Waals surface area contributed by atoms with E-state index in [1.165, 1.54) is 12.1 Å². The number of hydrogen-bond donors (Lipinski definition) is 1. The number of rotatable bonds is 6. The first-order chi connectivity index (χ1) is 12.5. The van der Waals surface area contributed by atoms with Crippen LogP contribution in [-0.4, -0.2) is 26.8 Å². The Balaban J connectivity index is 1.61. The van der Waals surface area contributed by atoms with Crippen molar-refractivity contribution in [3.63, 3.8) is 0 Å². The van der Waals surface area contributed by atoms with Crippen LogP contribution < -0.4 is 10.1 Å². The van der Waals surface area contributed by atoms with E-state index in [9.17, 15) is 9.18 Å². The molecule has 0 spiro atoms. The van der Waals surface area contributed by atoms with Gasteiger partial charge in [0.15, 0.2) is 17.7 Å². The number of aromatic nitrogens is 3. The van der Waals surface area contributed by atoms with Crippen molar-refractivity contribution in [2.24, 2.45) is 7.05 Å². The summed E-state index contributed by atoms with van der Waals surface area (Å²) >= 11 is 0. The van der Waals surface area contributed by atoms with Gasteiger partial charge in [-0.25, -0.2) is 4.39 Å². The molecular weight excluding hydrogens is 335 g/mol. The Morgan fingerprint density at radius 2 is 2.12 bits per heavy atom. The van der Waals surface area contributed by atoms with E-state index in [1.54, 1.807) is 42.3 Å². The number of hydrogen-bond acceptors (Lipinski definition) is 4. The minimum Gasteiger partial charge on any atom is -0.478 e. The molecule has 1 amide bonds. The Morgan fingerprint density at radius 1 is 1.31 bits per heavy atom. The number of benzene rings is 1. The summed E-state index contributed by atoms with van der Waals surface area (Å²) in [5, 5.41) is 6.92. The maximum Gasteiger partial charge on any atom is 0.261 e. The summed E-state index contributed by atoms with van der Waals surface area (Å²) in [6.45, 7) is 1.87. The normalized spacial score (nSPS) is 11.8. The minimum absolute atomic E-state index is 0.0509. The second-order valence-corrected chi connectivity index (χ2v) is 5.83. The maximum absolute atomic E-state index is 13.6. The molecule has 2 aromatic heterocycles. The average molecular weight is 354 g/mol. The number of amides is 1. The van der Waals surface area contributed by atoms with Gasteiger partial charge < -0.3 is 10.1 Å². The van der Waals surface area contributed by atoms with Gasteiger partial charge in [0.05, 0.1) is 5.69 Å². The van der Waals surface area contributed by atoms with Crippen molar-refractivity contribution in [1.29, 1.82) is 0 Å². The molecule has 2 heterocycles. The molecule has 0 radical (unpaired) electrons. The molecule has 0 fully saturated rings. The molecule has 7 heteroatoms. The Labute approximate surface area is 150 Å². The molecule has 1 atom stereocenters. The van der Waals surface area contributed by atoms with Crippen molar-refractivity contribution >= 4 is 5.91 Å². The zero-order valence-electron chi connectivity index (χ0n) is 14.5. The fourth-order valence-corrected chi connectivity index (χ4v) is 2.50. The predicted molar refractivity (Wildman–Crippen MR) is 94.8 cm³/mol. The van der Waals surface area contributed by atoms with E-state index in [-0.39, 0.29) is 11.7 Å². The molecule has 0 unspecified atom stereocenters. The molecule has 3 rings (SSSR count). The third-order valence-electron chi connectivity index (χ3n) is 3.89. The van der Waals surface area contributed by atoms with Gasteiger partial charge in [-0.15, -0.1) is 0 Å². The van der Waals surface area contributed by atoms with Crippen molar-refractivity contribution in [1.82, 2.24) is 20.1 Å². The first-order valence-electron chi connectivity index (χ1n) is 8.16. The van der Waals surface area contributed by atoms with E-state index >= 15 is 0 Å². The average Bonchev–Trinajstić information content (AvgIpc) is 3.08. The Kier molecular flexibility index (Phi) is 5.26. The highest BCUT2D eigenvalue weighted by atomic mass is 19.1. The SMILES string of the molecule is C[C@@H](Oc1ccccc1F)C(=O)NCc1cncc(-c2ccnn2C)c1. The van der Waals surface area contributed by atoms with Crippen molar-refractivity contribution in [3.8, 4) is 17.0 Å². The molecule has 6 nitrogen and oxygen atoms in total. The first kappa shape index (κ1) is 17.6. The number of para-hydroxylation sites is 1. The molecule has 0 aliphatic heterocycles. The van der Waals surface area contributed by atoms with Crippen LogP contribution in [0.25, 0.3) is 11.3 Å². The fraction of sp³-hybridized carbons (Fsp3) is 0.211. The molecule has 1 N–H and O–H groups in total. The van der Waals surface area contributed by atoms with Gasteiger partial charge in [0, 0.05) is 37.7 Å². The van der Waals surface area contributed by atoms with Gasteiger partial charge in [0.25, 0.3) is 5.91 Å². The minimum atomic E-state index is -0.819. The van der Waals surface area contributed by atoms with E-state index in [4.69, 9.17) is 4.74 Å². The quantitative estimate of drug-likeness (QED) is 0.739. The lowest BCUT2D eigenvalue weighted by Crippen LogP contribution is -2.36. The Morgan fingerprint density at radius 3 is 2.85 bits per heavy atom. The predicted octanol–water partition coefficient (Wildman–Crippen LogP) is 2.70. The summed E-state index contributed by atoms with van der Waals surface area (Å²) in [7, 11) is 1.85. The summed E-state index contributed by atoms with van der Waals surface area (Å²) in [6.07, 6.45) is 4.32. The number of pyridine rings is 1. The van der Waals surface area contributed by atoms with Gasteiger partial charge >= 0.3 is 0 Å². The van der Waals surface area contributed by atoms with Crippen LogP contribution in [0.15, 0.2) is 55.0 Å². The molecule has 3 aromatic rings. The van der Waals surface area contributed by atoms with Crippen molar-refractivity contribution in [3.05, 3.63) is 66.4 Å². The fourth-order valence-electron chi connectivity index (χ4n) is 2.50. The number of halogens is 1. The van der Waals surface area contributed by atoms with Crippen molar-refractivity contribution in [2.45, 2.75) is 19.6 Å². The van der Waals surface area contributed by atoms with Gasteiger partial charge in [-0.1, -0.05) is 12.1 Å². The zero-order valence-corrected chi connectivity index (χ0v) is 14.5. The monoisotopic (exact) mass is 354 g/mol. The van der Waals surface area contributed by atoms with Gasteiger partial charge in [0.2, 0.25) is 0 Å². The highest BCUT2D eigenvalue weighted by Crippen LogP contribution is 2.19. The summed E-state index contributed by atoms with van der Waals surface area (Å²) < 4.78 is 20.7. The van der Waals surface area contributed by atoms with E-state index in [2.05, 4.69) is 15.4 Å². The maximum atomic E-state index is 13.6. The van der Waals surface area contributed by atoms with E-state index in [1.807, 2.05) is 19.2 Å². The van der Waals surface area contributed by atoms with Crippen LogP contribution in [-0.2, 0) is 18.4 Å². The molecule has 0 aliphatic carbocycles. The summed E-state index contributed by atoms with van der Waals surface area (Å²) in [4.78, 5) is 16.4. The lowest BCUT2D eigenvalue weighted by molar-refractivity contribution is -0.127. The lowest BCUT2D eigenvalue weighted by Gasteiger charge is -2.15. The Hall–Kier alpha value is -3.22. The topological polar surface area (TPSA) is 69.0 Å². The summed E-state index contributed by atoms with van der Waals surface area (Å²) in [6, 6.07) is 9.82. The van der Waals surface area contributed by atoms with Crippen molar-refractivity contribution in [2.75, 3.05) is 0 Å². The largest absolute Gasteiger partial charge is 0.478 e. The van der Waals surface area contributed by atoms with Crippen LogP contribution in [0.3, 0.4) is 0 Å². The van der Waals surface area contributed by atoms with E-state index in [0.717, 1.165) is 16.8 Å². The van der Waals surface area contributed by atoms with Crippen LogP contribution in [0, 0.1) is 5.82 Å². The number of nitrogens with zero attached hydrogens (tertiary/aromatic N) is 3. The zero-order chi connectivity index (χ0) is 18.5. The van der Waals surface area contributed by atoms with Crippen LogP contribution >= 0.6 is 0 Å². The highest BCUT2D eigenvalue weighted by molar-refractivity contribution is 5.80. The molecule has 1 aromatic carbocycles. The Bertz CT molecular complexity index is 910. The molecule has 0 bridgehead atoms. The molecule has 26 heavy (non-hydrogen) atoms. The third-order valence-corrected chi connectivity index (χ3v) is 3.89. The molecule has 0 saturated heterocycles. The molecule has 134 valence electrons.